The topological polar surface area (TPSA) is 79.3 Å². The Balaban J connectivity index is 1.92. The Kier molecular flexibility index (Phi) is 7.05. The van der Waals surface area contributed by atoms with Crippen LogP contribution in [0.15, 0.2) is 18.2 Å². The van der Waals surface area contributed by atoms with Crippen LogP contribution < -0.4 is 4.74 Å². The predicted octanol–water partition coefficient (Wildman–Crippen LogP) is 2.49. The summed E-state index contributed by atoms with van der Waals surface area (Å²) in [5, 5.41) is 8.69. The Hall–Kier alpha value is -2.56. The van der Waals surface area contributed by atoms with Gasteiger partial charge in [-0.2, -0.15) is 13.2 Å². The summed E-state index contributed by atoms with van der Waals surface area (Å²) in [6, 6.07) is 4.20. The van der Waals surface area contributed by atoms with Crippen molar-refractivity contribution in [2.45, 2.75) is 25.7 Å². The van der Waals surface area contributed by atoms with Crippen molar-refractivity contribution < 1.29 is 41.7 Å². The van der Waals surface area contributed by atoms with Crippen LogP contribution in [0.4, 0.5) is 22.4 Å². The van der Waals surface area contributed by atoms with Crippen LogP contribution in [-0.4, -0.2) is 72.0 Å². The van der Waals surface area contributed by atoms with E-state index in [9.17, 15) is 27.2 Å². The van der Waals surface area contributed by atoms with E-state index in [0.29, 0.717) is 18.7 Å². The number of para-hydroxylation sites is 1. The zero-order valence-corrected chi connectivity index (χ0v) is 15.0. The molecule has 1 saturated heterocycles. The number of aliphatic carboxylic acids is 1. The Morgan fingerprint density at radius 2 is 1.86 bits per heavy atom. The molecule has 11 heteroatoms. The molecule has 1 N–H and O–H groups in total. The first-order chi connectivity index (χ1) is 13.1. The predicted molar refractivity (Wildman–Crippen MR) is 88.4 cm³/mol. The lowest BCUT2D eigenvalue weighted by atomic mass is 10.1. The second kappa shape index (κ2) is 9.09. The zero-order chi connectivity index (χ0) is 20.9. The number of amides is 1. The molecule has 1 aliphatic rings. The molecule has 0 bridgehead atoms. The molecule has 1 atom stereocenters. The van der Waals surface area contributed by atoms with Gasteiger partial charge in [-0.3, -0.25) is 4.90 Å². The number of carboxylic acids is 1. The number of carbonyl (C=O) groups excluding carboxylic acids is 1. The third kappa shape index (κ3) is 5.98. The normalized spacial score (nSPS) is 16.5. The van der Waals surface area contributed by atoms with Gasteiger partial charge in [-0.25, -0.2) is 14.0 Å². The number of alkyl halides is 3. The first-order valence-corrected chi connectivity index (χ1v) is 8.44. The number of piperazine rings is 1. The highest BCUT2D eigenvalue weighted by molar-refractivity contribution is 5.68. The van der Waals surface area contributed by atoms with Crippen molar-refractivity contribution in [3.05, 3.63) is 29.6 Å². The van der Waals surface area contributed by atoms with Crippen LogP contribution in [0.25, 0.3) is 0 Å². The van der Waals surface area contributed by atoms with E-state index in [1.807, 2.05) is 4.90 Å². The van der Waals surface area contributed by atoms with Gasteiger partial charge in [0.1, 0.15) is 0 Å². The number of rotatable bonds is 6. The number of halogens is 4. The lowest BCUT2D eigenvalue weighted by Gasteiger charge is -2.35. The summed E-state index contributed by atoms with van der Waals surface area (Å²) < 4.78 is 60.8. The highest BCUT2D eigenvalue weighted by Gasteiger charge is 2.40. The first kappa shape index (κ1) is 21.7. The highest BCUT2D eigenvalue weighted by atomic mass is 19.4. The van der Waals surface area contributed by atoms with E-state index < -0.39 is 36.8 Å². The van der Waals surface area contributed by atoms with Crippen LogP contribution in [0.1, 0.15) is 12.5 Å². The van der Waals surface area contributed by atoms with Crippen molar-refractivity contribution in [3.63, 3.8) is 0 Å². The molecule has 1 heterocycles. The van der Waals surface area contributed by atoms with E-state index in [1.54, 1.807) is 6.07 Å². The molecule has 28 heavy (non-hydrogen) atoms. The van der Waals surface area contributed by atoms with Crippen molar-refractivity contribution in [1.82, 2.24) is 9.80 Å². The third-order valence-corrected chi connectivity index (χ3v) is 4.15. The largest absolute Gasteiger partial charge is 0.479 e. The molecule has 1 aromatic carbocycles. The molecule has 0 saturated carbocycles. The quantitative estimate of drug-likeness (QED) is 0.729. The fraction of sp³-hybridized carbons (Fsp3) is 0.529. The van der Waals surface area contributed by atoms with Crippen molar-refractivity contribution >= 4 is 12.1 Å². The third-order valence-electron chi connectivity index (χ3n) is 4.15. The summed E-state index contributed by atoms with van der Waals surface area (Å²) in [6.07, 6.45) is -7.86. The minimum absolute atomic E-state index is 0.143. The van der Waals surface area contributed by atoms with Gasteiger partial charge in [0.05, 0.1) is 0 Å². The van der Waals surface area contributed by atoms with Crippen molar-refractivity contribution in [1.29, 1.82) is 0 Å². The second-order valence-corrected chi connectivity index (χ2v) is 6.24. The maximum Gasteiger partial charge on any atom is 0.425 e. The molecule has 7 nitrogen and oxygen atoms in total. The molecular formula is C17H20F4N2O5. The van der Waals surface area contributed by atoms with E-state index in [2.05, 4.69) is 4.74 Å². The molecule has 1 aromatic rings. The fourth-order valence-corrected chi connectivity index (χ4v) is 2.60. The number of hydrogen-bond donors (Lipinski definition) is 1. The maximum absolute atomic E-state index is 13.9. The summed E-state index contributed by atoms with van der Waals surface area (Å²) in [5.74, 6) is -2.10. The van der Waals surface area contributed by atoms with Gasteiger partial charge in [0, 0.05) is 38.3 Å². The molecule has 2 rings (SSSR count). The lowest BCUT2D eigenvalue weighted by molar-refractivity contribution is -0.200. The van der Waals surface area contributed by atoms with E-state index in [1.165, 1.54) is 11.0 Å². The van der Waals surface area contributed by atoms with E-state index in [-0.39, 0.29) is 25.4 Å². The lowest BCUT2D eigenvalue weighted by Crippen LogP contribution is -2.49. The number of ether oxygens (including phenoxy) is 2. The minimum Gasteiger partial charge on any atom is -0.479 e. The molecule has 1 aliphatic heterocycles. The summed E-state index contributed by atoms with van der Waals surface area (Å²) in [5.41, 5.74) is 0.433. The van der Waals surface area contributed by atoms with Crippen LogP contribution in [0.2, 0.25) is 0 Å². The molecular weight excluding hydrogens is 388 g/mol. The van der Waals surface area contributed by atoms with Gasteiger partial charge >= 0.3 is 18.2 Å². The van der Waals surface area contributed by atoms with Gasteiger partial charge in [0.2, 0.25) is 0 Å². The van der Waals surface area contributed by atoms with E-state index in [0.717, 1.165) is 13.0 Å². The Labute approximate surface area is 158 Å². The van der Waals surface area contributed by atoms with Gasteiger partial charge < -0.3 is 19.5 Å². The fourth-order valence-electron chi connectivity index (χ4n) is 2.60. The molecule has 1 fully saturated rings. The Morgan fingerprint density at radius 1 is 1.21 bits per heavy atom. The van der Waals surface area contributed by atoms with Gasteiger partial charge in [0.15, 0.2) is 24.3 Å². The maximum atomic E-state index is 13.9. The zero-order valence-electron chi connectivity index (χ0n) is 15.0. The number of nitrogens with zero attached hydrogens (tertiary/aromatic N) is 2. The molecule has 156 valence electrons. The van der Waals surface area contributed by atoms with Crippen LogP contribution >= 0.6 is 0 Å². The number of hydrogen-bond acceptors (Lipinski definition) is 5. The molecule has 0 aliphatic carbocycles. The summed E-state index contributed by atoms with van der Waals surface area (Å²) >= 11 is 0. The van der Waals surface area contributed by atoms with Gasteiger partial charge in [0.25, 0.3) is 0 Å². The van der Waals surface area contributed by atoms with Gasteiger partial charge in [-0.1, -0.05) is 12.1 Å². The number of carbonyl (C=O) groups is 2. The molecule has 1 unspecified atom stereocenters. The first-order valence-electron chi connectivity index (χ1n) is 8.44. The van der Waals surface area contributed by atoms with E-state index in [4.69, 9.17) is 9.84 Å². The molecule has 0 spiro atoms. The van der Waals surface area contributed by atoms with Gasteiger partial charge in [-0.05, 0) is 13.0 Å². The van der Waals surface area contributed by atoms with Crippen molar-refractivity contribution in [3.8, 4) is 5.75 Å². The Bertz CT molecular complexity index is 705. The van der Waals surface area contributed by atoms with Crippen LogP contribution in [0.5, 0.6) is 5.75 Å². The minimum atomic E-state index is -4.62. The van der Waals surface area contributed by atoms with Crippen molar-refractivity contribution in [2.75, 3.05) is 32.8 Å². The van der Waals surface area contributed by atoms with E-state index >= 15 is 0 Å². The number of benzene rings is 1. The molecule has 0 radical (unpaired) electrons. The SMILES string of the molecule is CC(OC(=O)N1CCN(Cc2cccc(F)c2OCC(=O)O)CC1)C(F)(F)F. The standard InChI is InChI=1S/C17H20F4N2O5/c1-11(17(19,20)21)28-16(26)23-7-5-22(6-8-23)9-12-3-2-4-13(18)15(12)27-10-14(24)25/h2-4,11H,5-10H2,1H3,(H,24,25). The average Bonchev–Trinajstić information content (AvgIpc) is 2.60. The van der Waals surface area contributed by atoms with Crippen molar-refractivity contribution in [2.24, 2.45) is 0 Å². The second-order valence-electron chi connectivity index (χ2n) is 6.24. The smallest absolute Gasteiger partial charge is 0.425 e. The average molecular weight is 408 g/mol. The number of carboxylic acid groups (broad SMARTS) is 1. The van der Waals surface area contributed by atoms with Crippen LogP contribution in [-0.2, 0) is 16.1 Å². The summed E-state index contributed by atoms with van der Waals surface area (Å²) in [4.78, 5) is 25.5. The van der Waals surface area contributed by atoms with Crippen LogP contribution in [0.3, 0.4) is 0 Å². The molecule has 1 amide bonds. The monoisotopic (exact) mass is 408 g/mol. The summed E-state index contributed by atoms with van der Waals surface area (Å²) in [7, 11) is 0. The van der Waals surface area contributed by atoms with Gasteiger partial charge in [-0.15, -0.1) is 0 Å². The Morgan fingerprint density at radius 3 is 2.43 bits per heavy atom. The van der Waals surface area contributed by atoms with Crippen LogP contribution in [0, 0.1) is 5.82 Å². The summed E-state index contributed by atoms with van der Waals surface area (Å²) in [6.45, 7) is 1.24. The molecule has 0 aromatic heterocycles. The highest BCUT2D eigenvalue weighted by Crippen LogP contribution is 2.25.